The smallest absolute Gasteiger partial charge is 0.416 e. The lowest BCUT2D eigenvalue weighted by atomic mass is 10.1. The van der Waals surface area contributed by atoms with Gasteiger partial charge in [0.1, 0.15) is 5.69 Å². The zero-order valence-electron chi connectivity index (χ0n) is 16.6. The van der Waals surface area contributed by atoms with Crippen LogP contribution in [0.15, 0.2) is 36.5 Å². The van der Waals surface area contributed by atoms with Crippen LogP contribution >= 0.6 is 0 Å². The van der Waals surface area contributed by atoms with Crippen LogP contribution in [0.25, 0.3) is 0 Å². The van der Waals surface area contributed by atoms with Crippen molar-refractivity contribution >= 4 is 17.4 Å². The summed E-state index contributed by atoms with van der Waals surface area (Å²) in [5.74, 6) is 0.429. The lowest BCUT2D eigenvalue weighted by molar-refractivity contribution is -0.384. The van der Waals surface area contributed by atoms with Crippen molar-refractivity contribution in [3.8, 4) is 5.88 Å². The molecule has 3 rings (SSSR count). The number of benzene rings is 1. The number of nitrogens with zero attached hydrogens (tertiary/aromatic N) is 4. The minimum Gasteiger partial charge on any atom is -0.481 e. The first-order valence-corrected chi connectivity index (χ1v) is 9.31. The van der Waals surface area contributed by atoms with Crippen LogP contribution in [0, 0.1) is 10.1 Å². The molecule has 0 unspecified atom stereocenters. The molecule has 2 aromatic rings. The highest BCUT2D eigenvalue weighted by molar-refractivity contribution is 5.75. The number of carbonyl (C=O) groups excluding carboxylic acids is 1. The van der Waals surface area contributed by atoms with E-state index < -0.39 is 22.4 Å². The molecule has 1 aromatic carbocycles. The number of urea groups is 1. The van der Waals surface area contributed by atoms with Gasteiger partial charge >= 0.3 is 12.2 Å². The molecule has 0 saturated carbocycles. The summed E-state index contributed by atoms with van der Waals surface area (Å²) in [4.78, 5) is 30.0. The van der Waals surface area contributed by atoms with E-state index in [0.29, 0.717) is 11.9 Å². The van der Waals surface area contributed by atoms with E-state index in [0.717, 1.165) is 17.7 Å². The van der Waals surface area contributed by atoms with Crippen LogP contribution in [-0.4, -0.2) is 54.1 Å². The van der Waals surface area contributed by atoms with E-state index in [1.165, 1.54) is 7.11 Å². The Morgan fingerprint density at radius 2 is 1.94 bits per heavy atom. The molecule has 1 N–H and O–H groups in total. The Hall–Kier alpha value is -3.57. The Bertz CT molecular complexity index is 962. The number of nitro benzene ring substituents is 1. The Kier molecular flexibility index (Phi) is 6.47. The molecule has 0 radical (unpaired) electrons. The van der Waals surface area contributed by atoms with Gasteiger partial charge in [-0.1, -0.05) is 0 Å². The summed E-state index contributed by atoms with van der Waals surface area (Å²) in [6.07, 6.45) is -3.10. The maximum Gasteiger partial charge on any atom is 0.416 e. The number of piperazine rings is 1. The van der Waals surface area contributed by atoms with Gasteiger partial charge in [-0.15, -0.1) is 0 Å². The van der Waals surface area contributed by atoms with E-state index in [9.17, 15) is 28.1 Å². The molecule has 1 aromatic heterocycles. The van der Waals surface area contributed by atoms with Gasteiger partial charge in [0.25, 0.3) is 5.69 Å². The molecule has 2 heterocycles. The molecule has 9 nitrogen and oxygen atoms in total. The van der Waals surface area contributed by atoms with Crippen molar-refractivity contribution in [1.29, 1.82) is 0 Å². The maximum atomic E-state index is 12.9. The number of hydrogen-bond acceptors (Lipinski definition) is 6. The number of ether oxygens (including phenoxy) is 1. The molecule has 1 aliphatic rings. The predicted octanol–water partition coefficient (Wildman–Crippen LogP) is 3.05. The van der Waals surface area contributed by atoms with E-state index in [1.54, 1.807) is 28.1 Å². The monoisotopic (exact) mass is 439 g/mol. The zero-order chi connectivity index (χ0) is 22.6. The third-order valence-electron chi connectivity index (χ3n) is 4.86. The summed E-state index contributed by atoms with van der Waals surface area (Å²) in [5, 5.41) is 14.1. The molecule has 0 spiro atoms. The largest absolute Gasteiger partial charge is 0.481 e. The molecule has 1 fully saturated rings. The van der Waals surface area contributed by atoms with Crippen LogP contribution in [0.4, 0.5) is 29.3 Å². The topological polar surface area (TPSA) is 101 Å². The van der Waals surface area contributed by atoms with Gasteiger partial charge in [-0.25, -0.2) is 9.78 Å². The quantitative estimate of drug-likeness (QED) is 0.568. The second-order valence-electron chi connectivity index (χ2n) is 6.80. The minimum absolute atomic E-state index is 0.0990. The lowest BCUT2D eigenvalue weighted by Crippen LogP contribution is -2.51. The summed E-state index contributed by atoms with van der Waals surface area (Å²) < 4.78 is 43.7. The number of halogens is 3. The molecule has 31 heavy (non-hydrogen) atoms. The SMILES string of the molecule is COc1cc(CNC(=O)N2CCN(c3ccc(C(F)(F)F)cc3[N+](=O)[O-])CC2)ccn1. The number of methoxy groups -OCH3 is 1. The highest BCUT2D eigenvalue weighted by atomic mass is 19.4. The van der Waals surface area contributed by atoms with Gasteiger partial charge in [-0.3, -0.25) is 10.1 Å². The van der Waals surface area contributed by atoms with Crippen LogP contribution in [0.2, 0.25) is 0 Å². The molecule has 0 atom stereocenters. The van der Waals surface area contributed by atoms with Crippen molar-refractivity contribution in [2.75, 3.05) is 38.2 Å². The molecule has 1 aliphatic heterocycles. The van der Waals surface area contributed by atoms with E-state index in [-0.39, 0.29) is 44.4 Å². The van der Waals surface area contributed by atoms with Crippen LogP contribution < -0.4 is 15.0 Å². The maximum absolute atomic E-state index is 12.9. The third kappa shape index (κ3) is 5.32. The number of amides is 2. The van der Waals surface area contributed by atoms with Gasteiger partial charge in [0.05, 0.1) is 17.6 Å². The predicted molar refractivity (Wildman–Crippen MR) is 105 cm³/mol. The number of aromatic nitrogens is 1. The van der Waals surface area contributed by atoms with Crippen molar-refractivity contribution in [3.63, 3.8) is 0 Å². The third-order valence-corrected chi connectivity index (χ3v) is 4.86. The standard InChI is InChI=1S/C19H20F3N5O4/c1-31-17-10-13(4-5-23-17)12-24-18(28)26-8-6-25(7-9-26)15-3-2-14(19(20,21)22)11-16(15)27(29)30/h2-5,10-11H,6-9,12H2,1H3,(H,24,28). The zero-order valence-corrected chi connectivity index (χ0v) is 16.6. The lowest BCUT2D eigenvalue weighted by Gasteiger charge is -2.35. The highest BCUT2D eigenvalue weighted by Crippen LogP contribution is 2.36. The summed E-state index contributed by atoms with van der Waals surface area (Å²) in [5.41, 5.74) is -0.783. The van der Waals surface area contributed by atoms with E-state index in [2.05, 4.69) is 10.3 Å². The number of carbonyl (C=O) groups is 1. The van der Waals surface area contributed by atoms with Crippen molar-refractivity contribution in [1.82, 2.24) is 15.2 Å². The Labute approximate surface area is 175 Å². The number of pyridine rings is 1. The number of nitrogens with one attached hydrogen (secondary N) is 1. The van der Waals surface area contributed by atoms with Crippen molar-refractivity contribution in [2.24, 2.45) is 0 Å². The second-order valence-corrected chi connectivity index (χ2v) is 6.80. The molecule has 1 saturated heterocycles. The molecule has 12 heteroatoms. The first-order valence-electron chi connectivity index (χ1n) is 9.31. The second kappa shape index (κ2) is 9.06. The van der Waals surface area contributed by atoms with Gasteiger partial charge in [-0.05, 0) is 23.8 Å². The Balaban J connectivity index is 1.61. The van der Waals surface area contributed by atoms with Crippen LogP contribution in [0.5, 0.6) is 5.88 Å². The molecule has 0 bridgehead atoms. The van der Waals surface area contributed by atoms with Gasteiger partial charge in [0.15, 0.2) is 0 Å². The fourth-order valence-electron chi connectivity index (χ4n) is 3.23. The van der Waals surface area contributed by atoms with Crippen molar-refractivity contribution in [2.45, 2.75) is 12.7 Å². The minimum atomic E-state index is -4.67. The number of hydrogen-bond donors (Lipinski definition) is 1. The van der Waals surface area contributed by atoms with Gasteiger partial charge in [0.2, 0.25) is 5.88 Å². The van der Waals surface area contributed by atoms with Crippen LogP contribution in [-0.2, 0) is 12.7 Å². The van der Waals surface area contributed by atoms with Gasteiger partial charge < -0.3 is 19.9 Å². The highest BCUT2D eigenvalue weighted by Gasteiger charge is 2.34. The van der Waals surface area contributed by atoms with Crippen molar-refractivity contribution in [3.05, 3.63) is 57.8 Å². The van der Waals surface area contributed by atoms with E-state index in [1.807, 2.05) is 0 Å². The molecular formula is C19H20F3N5O4. The van der Waals surface area contributed by atoms with E-state index in [4.69, 9.17) is 4.74 Å². The number of rotatable bonds is 5. The van der Waals surface area contributed by atoms with Crippen LogP contribution in [0.1, 0.15) is 11.1 Å². The number of alkyl halides is 3. The first-order chi connectivity index (χ1) is 14.7. The average Bonchev–Trinajstić information content (AvgIpc) is 2.76. The molecule has 0 aliphatic carbocycles. The number of nitro groups is 1. The summed E-state index contributed by atoms with van der Waals surface area (Å²) in [7, 11) is 1.49. The average molecular weight is 439 g/mol. The summed E-state index contributed by atoms with van der Waals surface area (Å²) in [6, 6.07) is 5.60. The van der Waals surface area contributed by atoms with Gasteiger partial charge in [-0.2, -0.15) is 13.2 Å². The molecular weight excluding hydrogens is 419 g/mol. The summed E-state index contributed by atoms with van der Waals surface area (Å²) >= 11 is 0. The summed E-state index contributed by atoms with van der Waals surface area (Å²) in [6.45, 7) is 1.31. The number of anilines is 1. The molecule has 166 valence electrons. The fraction of sp³-hybridized carbons (Fsp3) is 0.368. The normalized spacial score (nSPS) is 14.3. The van der Waals surface area contributed by atoms with E-state index >= 15 is 0 Å². The van der Waals surface area contributed by atoms with Crippen molar-refractivity contribution < 1.29 is 27.6 Å². The molecule has 2 amide bonds. The first kappa shape index (κ1) is 22.1. The fourth-order valence-corrected chi connectivity index (χ4v) is 3.23. The Morgan fingerprint density at radius 1 is 1.23 bits per heavy atom. The van der Waals surface area contributed by atoms with Gasteiger partial charge in [0, 0.05) is 51.1 Å². The Morgan fingerprint density at radius 3 is 2.55 bits per heavy atom. The van der Waals surface area contributed by atoms with Crippen LogP contribution in [0.3, 0.4) is 0 Å².